The van der Waals surface area contributed by atoms with Gasteiger partial charge in [-0.3, -0.25) is 9.97 Å². The van der Waals surface area contributed by atoms with Gasteiger partial charge in [-0.15, -0.1) is 0 Å². The minimum atomic E-state index is 0.624. The van der Waals surface area contributed by atoms with Gasteiger partial charge in [-0.2, -0.15) is 0 Å². The Hall–Kier alpha value is -1.66. The molecule has 0 amide bonds. The zero-order valence-electron chi connectivity index (χ0n) is 9.09. The number of nitrogens with one attached hydrogen (secondary N) is 1. The van der Waals surface area contributed by atoms with Gasteiger partial charge in [-0.1, -0.05) is 12.2 Å². The minimum Gasteiger partial charge on any atom is -0.330 e. The smallest absolute Gasteiger partial charge is 0.138 e. The Bertz CT molecular complexity index is 784. The second-order valence-electron chi connectivity index (χ2n) is 3.67. The summed E-state index contributed by atoms with van der Waals surface area (Å²) < 4.78 is 1.40. The lowest BCUT2D eigenvalue weighted by atomic mass is 10.2. The first-order valence-electron chi connectivity index (χ1n) is 5.20. The molecule has 0 bridgehead atoms. The van der Waals surface area contributed by atoms with Gasteiger partial charge in [0.2, 0.25) is 0 Å². The number of hydrogen-bond acceptors (Lipinski definition) is 4. The number of aromatic nitrogens is 4. The van der Waals surface area contributed by atoms with Crippen LogP contribution in [-0.2, 0) is 0 Å². The fraction of sp³-hybridized carbons (Fsp3) is 0. The van der Waals surface area contributed by atoms with Crippen LogP contribution in [0.3, 0.4) is 0 Å². The van der Waals surface area contributed by atoms with Crippen molar-refractivity contribution >= 4 is 39.2 Å². The third-order valence-electron chi connectivity index (χ3n) is 2.50. The second-order valence-corrected chi connectivity index (χ2v) is 4.93. The van der Waals surface area contributed by atoms with Crippen molar-refractivity contribution in [2.75, 3.05) is 0 Å². The van der Waals surface area contributed by atoms with Gasteiger partial charge in [0, 0.05) is 24.2 Å². The molecule has 1 aromatic carbocycles. The summed E-state index contributed by atoms with van der Waals surface area (Å²) in [6.45, 7) is 0. The summed E-state index contributed by atoms with van der Waals surface area (Å²) >= 11 is 8.49. The molecule has 1 N–H and O–H groups in total. The normalized spacial score (nSPS) is 10.7. The Morgan fingerprint density at radius 1 is 1.06 bits per heavy atom. The van der Waals surface area contributed by atoms with Crippen LogP contribution in [-0.4, -0.2) is 19.9 Å². The zero-order valence-corrected chi connectivity index (χ0v) is 11.5. The van der Waals surface area contributed by atoms with Gasteiger partial charge in [0.1, 0.15) is 10.5 Å². The van der Waals surface area contributed by atoms with Crippen LogP contribution in [0, 0.1) is 4.64 Å². The van der Waals surface area contributed by atoms with Crippen molar-refractivity contribution in [3.8, 4) is 11.4 Å². The van der Waals surface area contributed by atoms with Crippen molar-refractivity contribution in [3.63, 3.8) is 0 Å². The van der Waals surface area contributed by atoms with Gasteiger partial charge in [0.05, 0.1) is 15.5 Å². The van der Waals surface area contributed by atoms with Crippen LogP contribution < -0.4 is 0 Å². The van der Waals surface area contributed by atoms with E-state index in [0.29, 0.717) is 4.64 Å². The lowest BCUT2D eigenvalue weighted by molar-refractivity contribution is 1.14. The lowest BCUT2D eigenvalue weighted by Gasteiger charge is -2.03. The molecule has 0 saturated heterocycles. The quantitative estimate of drug-likeness (QED) is 0.697. The average molecular weight is 319 g/mol. The highest BCUT2D eigenvalue weighted by Gasteiger charge is 2.03. The largest absolute Gasteiger partial charge is 0.330 e. The molecular formula is C12H7BrN4S. The summed E-state index contributed by atoms with van der Waals surface area (Å²) in [6, 6.07) is 5.79. The van der Waals surface area contributed by atoms with E-state index in [9.17, 15) is 0 Å². The maximum Gasteiger partial charge on any atom is 0.138 e. The monoisotopic (exact) mass is 318 g/mol. The number of aromatic amines is 1. The predicted octanol–water partition coefficient (Wildman–Crippen LogP) is 3.51. The molecule has 0 fully saturated rings. The average Bonchev–Trinajstić information content (AvgIpc) is 2.41. The van der Waals surface area contributed by atoms with E-state index < -0.39 is 0 Å². The summed E-state index contributed by atoms with van der Waals surface area (Å²) in [5.41, 5.74) is 2.62. The highest BCUT2D eigenvalue weighted by Crippen LogP contribution is 2.20. The van der Waals surface area contributed by atoms with Crippen molar-refractivity contribution in [1.82, 2.24) is 19.9 Å². The topological polar surface area (TPSA) is 54.5 Å². The van der Waals surface area contributed by atoms with Crippen LogP contribution in [0.2, 0.25) is 0 Å². The second kappa shape index (κ2) is 4.55. The number of H-pyrrole nitrogens is 1. The number of nitrogens with zero attached hydrogens (tertiary/aromatic N) is 3. The molecule has 3 rings (SSSR count). The Labute approximate surface area is 116 Å². The first-order chi connectivity index (χ1) is 8.74. The van der Waals surface area contributed by atoms with E-state index in [1.54, 1.807) is 18.6 Å². The van der Waals surface area contributed by atoms with Gasteiger partial charge in [-0.25, -0.2) is 4.98 Å². The molecule has 0 radical (unpaired) electrons. The molecule has 0 aliphatic heterocycles. The van der Waals surface area contributed by atoms with Crippen LogP contribution in [0.25, 0.3) is 22.4 Å². The van der Waals surface area contributed by atoms with E-state index in [1.807, 2.05) is 18.2 Å². The van der Waals surface area contributed by atoms with Crippen LogP contribution in [0.1, 0.15) is 0 Å². The summed E-state index contributed by atoms with van der Waals surface area (Å²) in [4.78, 5) is 15.9. The first-order valence-corrected chi connectivity index (χ1v) is 6.40. The Balaban J connectivity index is 2.19. The molecule has 0 spiro atoms. The lowest BCUT2D eigenvalue weighted by Crippen LogP contribution is -1.90. The van der Waals surface area contributed by atoms with Gasteiger partial charge >= 0.3 is 0 Å². The Kier molecular flexibility index (Phi) is 2.89. The number of rotatable bonds is 1. The zero-order chi connectivity index (χ0) is 12.5. The molecule has 0 aliphatic rings. The number of fused-ring (bicyclic) bond motifs is 1. The Morgan fingerprint density at radius 3 is 2.61 bits per heavy atom. The van der Waals surface area contributed by atoms with E-state index in [0.717, 1.165) is 26.9 Å². The summed E-state index contributed by atoms with van der Waals surface area (Å²) in [7, 11) is 0. The predicted molar refractivity (Wildman–Crippen MR) is 75.7 cm³/mol. The molecule has 0 atom stereocenters. The SMILES string of the molecule is S=c1[nH]c(-c2ccc3nccnc3c2)ncc1Br. The molecule has 2 heterocycles. The summed E-state index contributed by atoms with van der Waals surface area (Å²) in [5.74, 6) is 0.718. The fourth-order valence-electron chi connectivity index (χ4n) is 1.64. The number of hydrogen-bond donors (Lipinski definition) is 1. The van der Waals surface area contributed by atoms with Gasteiger partial charge in [0.15, 0.2) is 0 Å². The van der Waals surface area contributed by atoms with Crippen LogP contribution in [0.15, 0.2) is 41.3 Å². The molecule has 3 aromatic rings. The summed E-state index contributed by atoms with van der Waals surface area (Å²) in [5, 5.41) is 0. The molecule has 0 saturated carbocycles. The van der Waals surface area contributed by atoms with Crippen LogP contribution in [0.5, 0.6) is 0 Å². The molecule has 6 heteroatoms. The maximum atomic E-state index is 5.17. The van der Waals surface area contributed by atoms with Crippen molar-refractivity contribution in [1.29, 1.82) is 0 Å². The number of halogens is 1. The van der Waals surface area contributed by atoms with Gasteiger partial charge < -0.3 is 4.98 Å². The maximum absolute atomic E-state index is 5.17. The molecule has 4 nitrogen and oxygen atoms in total. The third kappa shape index (κ3) is 2.04. The molecule has 88 valence electrons. The van der Waals surface area contributed by atoms with E-state index >= 15 is 0 Å². The van der Waals surface area contributed by atoms with Crippen molar-refractivity contribution in [2.24, 2.45) is 0 Å². The molecule has 2 aromatic heterocycles. The van der Waals surface area contributed by atoms with Crippen LogP contribution >= 0.6 is 28.1 Å². The van der Waals surface area contributed by atoms with Crippen molar-refractivity contribution < 1.29 is 0 Å². The number of benzene rings is 1. The van der Waals surface area contributed by atoms with Crippen molar-refractivity contribution in [3.05, 3.63) is 45.9 Å². The standard InChI is InChI=1S/C12H7BrN4S/c13-8-6-16-11(17-12(8)18)7-1-2-9-10(5-7)15-4-3-14-9/h1-6H,(H,16,17,18). The minimum absolute atomic E-state index is 0.624. The summed E-state index contributed by atoms with van der Waals surface area (Å²) in [6.07, 6.45) is 5.03. The molecular weight excluding hydrogens is 312 g/mol. The Morgan fingerprint density at radius 2 is 1.83 bits per heavy atom. The molecule has 0 aliphatic carbocycles. The third-order valence-corrected chi connectivity index (χ3v) is 3.68. The van der Waals surface area contributed by atoms with E-state index in [1.165, 1.54) is 0 Å². The highest BCUT2D eigenvalue weighted by atomic mass is 79.9. The van der Waals surface area contributed by atoms with E-state index in [-0.39, 0.29) is 0 Å². The fourth-order valence-corrected chi connectivity index (χ4v) is 1.99. The van der Waals surface area contributed by atoms with E-state index in [2.05, 4.69) is 35.9 Å². The van der Waals surface area contributed by atoms with Gasteiger partial charge in [-0.05, 0) is 34.1 Å². The van der Waals surface area contributed by atoms with Crippen LogP contribution in [0.4, 0.5) is 0 Å². The molecule has 0 unspecified atom stereocenters. The molecule has 18 heavy (non-hydrogen) atoms. The van der Waals surface area contributed by atoms with E-state index in [4.69, 9.17) is 12.2 Å². The first kappa shape index (κ1) is 11.4. The van der Waals surface area contributed by atoms with Gasteiger partial charge in [0.25, 0.3) is 0 Å². The highest BCUT2D eigenvalue weighted by molar-refractivity contribution is 9.10. The van der Waals surface area contributed by atoms with Crippen molar-refractivity contribution in [2.45, 2.75) is 0 Å².